The maximum atomic E-state index is 13.4. The smallest absolute Gasteiger partial charge is 0.416 e. The fraction of sp³-hybridized carbons (Fsp3) is 0.231. The number of benzene rings is 3. The van der Waals surface area contributed by atoms with Crippen molar-refractivity contribution in [2.45, 2.75) is 19.4 Å². The summed E-state index contributed by atoms with van der Waals surface area (Å²) >= 11 is 0. The summed E-state index contributed by atoms with van der Waals surface area (Å²) in [5.41, 5.74) is 1.09. The Hall–Kier alpha value is -2.97. The molecule has 158 valence electrons. The van der Waals surface area contributed by atoms with E-state index in [-0.39, 0.29) is 24.5 Å². The average molecular weight is 431 g/mol. The van der Waals surface area contributed by atoms with Crippen LogP contribution in [-0.2, 0) is 16.0 Å². The molecular formula is C26H26NO3P. The van der Waals surface area contributed by atoms with Gasteiger partial charge < -0.3 is 4.74 Å². The average Bonchev–Trinajstić information content (AvgIpc) is 3.18. The van der Waals surface area contributed by atoms with Crippen LogP contribution in [0.5, 0.6) is 0 Å². The van der Waals surface area contributed by atoms with E-state index < -0.39 is 14.0 Å². The summed E-state index contributed by atoms with van der Waals surface area (Å²) in [7, 11) is -0.713. The maximum Gasteiger partial charge on any atom is 0.416 e. The van der Waals surface area contributed by atoms with E-state index in [4.69, 9.17) is 4.74 Å². The number of ether oxygens (including phenoxy) is 1. The molecule has 3 aromatic rings. The first-order valence-corrected chi connectivity index (χ1v) is 12.1. The zero-order chi connectivity index (χ0) is 21.6. The second-order valence-corrected chi connectivity index (χ2v) is 10.1. The molecule has 0 aromatic heterocycles. The van der Waals surface area contributed by atoms with Gasteiger partial charge in [-0.2, -0.15) is 0 Å². The van der Waals surface area contributed by atoms with E-state index in [9.17, 15) is 9.59 Å². The highest BCUT2D eigenvalue weighted by atomic mass is 31.1. The highest BCUT2D eigenvalue weighted by Gasteiger charge is 2.40. The van der Waals surface area contributed by atoms with Crippen molar-refractivity contribution in [1.82, 2.24) is 4.90 Å². The van der Waals surface area contributed by atoms with Gasteiger partial charge in [-0.1, -0.05) is 97.9 Å². The topological polar surface area (TPSA) is 46.6 Å². The van der Waals surface area contributed by atoms with Crippen LogP contribution in [0.1, 0.15) is 12.5 Å². The van der Waals surface area contributed by atoms with Crippen molar-refractivity contribution in [2.24, 2.45) is 5.92 Å². The lowest BCUT2D eigenvalue weighted by molar-refractivity contribution is -0.132. The van der Waals surface area contributed by atoms with E-state index in [0.29, 0.717) is 12.6 Å². The van der Waals surface area contributed by atoms with Crippen molar-refractivity contribution in [2.75, 3.05) is 12.8 Å². The molecule has 0 spiro atoms. The van der Waals surface area contributed by atoms with Crippen LogP contribution in [0.2, 0.25) is 0 Å². The minimum atomic E-state index is -0.713. The van der Waals surface area contributed by atoms with Crippen LogP contribution >= 0.6 is 7.92 Å². The minimum Gasteiger partial charge on any atom is -0.447 e. The van der Waals surface area contributed by atoms with Gasteiger partial charge in [0.1, 0.15) is 6.61 Å². The lowest BCUT2D eigenvalue weighted by Crippen LogP contribution is -2.44. The molecule has 1 heterocycles. The summed E-state index contributed by atoms with van der Waals surface area (Å²) in [5.74, 6) is -0.446. The van der Waals surface area contributed by atoms with Gasteiger partial charge in [-0.15, -0.1) is 0 Å². The van der Waals surface area contributed by atoms with Crippen molar-refractivity contribution in [3.8, 4) is 0 Å². The first-order chi connectivity index (χ1) is 15.1. The van der Waals surface area contributed by atoms with Gasteiger partial charge in [0.25, 0.3) is 0 Å². The van der Waals surface area contributed by atoms with Crippen LogP contribution in [0.4, 0.5) is 4.79 Å². The van der Waals surface area contributed by atoms with Crippen molar-refractivity contribution >= 4 is 30.5 Å². The third-order valence-electron chi connectivity index (χ3n) is 5.53. The predicted molar refractivity (Wildman–Crippen MR) is 125 cm³/mol. The SMILES string of the molecule is C[C@@H](CP(c1ccccc1)c1ccccc1)C(=O)N1C(=O)OC[C@@H]1Cc1ccccc1. The number of cyclic esters (lactones) is 1. The minimum absolute atomic E-state index is 0.150. The summed E-state index contributed by atoms with van der Waals surface area (Å²) in [6.07, 6.45) is 0.766. The number of nitrogens with zero attached hydrogens (tertiary/aromatic N) is 1. The Morgan fingerprint density at radius 1 is 0.935 bits per heavy atom. The van der Waals surface area contributed by atoms with Gasteiger partial charge in [0.15, 0.2) is 0 Å². The fourth-order valence-corrected chi connectivity index (χ4v) is 6.42. The molecule has 1 fully saturated rings. The van der Waals surface area contributed by atoms with Gasteiger partial charge in [0.05, 0.1) is 6.04 Å². The number of carbonyl (C=O) groups excluding carboxylic acids is 2. The van der Waals surface area contributed by atoms with Gasteiger partial charge >= 0.3 is 6.09 Å². The normalized spacial score (nSPS) is 16.9. The van der Waals surface area contributed by atoms with Crippen molar-refractivity contribution in [3.63, 3.8) is 0 Å². The Morgan fingerprint density at radius 3 is 2.00 bits per heavy atom. The van der Waals surface area contributed by atoms with Crippen molar-refractivity contribution < 1.29 is 14.3 Å². The molecule has 1 aliphatic heterocycles. The molecule has 0 N–H and O–H groups in total. The maximum absolute atomic E-state index is 13.4. The molecule has 2 atom stereocenters. The molecule has 0 unspecified atom stereocenters. The molecule has 1 saturated heterocycles. The Bertz CT molecular complexity index is 971. The monoisotopic (exact) mass is 431 g/mol. The van der Waals surface area contributed by atoms with Crippen LogP contribution < -0.4 is 10.6 Å². The van der Waals surface area contributed by atoms with Gasteiger partial charge in [-0.3, -0.25) is 4.79 Å². The molecule has 2 amide bonds. The van der Waals surface area contributed by atoms with Crippen LogP contribution in [-0.4, -0.2) is 35.7 Å². The first-order valence-electron chi connectivity index (χ1n) is 10.5. The lowest BCUT2D eigenvalue weighted by atomic mass is 10.0. The third kappa shape index (κ3) is 5.03. The Labute approximate surface area is 184 Å². The van der Waals surface area contributed by atoms with E-state index in [1.165, 1.54) is 15.5 Å². The number of imide groups is 1. The molecule has 0 bridgehead atoms. The molecule has 1 aliphatic rings. The van der Waals surface area contributed by atoms with E-state index in [1.807, 2.05) is 73.7 Å². The fourth-order valence-electron chi connectivity index (χ4n) is 3.93. The van der Waals surface area contributed by atoms with Gasteiger partial charge in [-0.05, 0) is 36.7 Å². The molecule has 0 saturated carbocycles. The molecular weight excluding hydrogens is 405 g/mol. The Morgan fingerprint density at radius 2 is 1.45 bits per heavy atom. The highest BCUT2D eigenvalue weighted by molar-refractivity contribution is 7.73. The second kappa shape index (κ2) is 9.89. The van der Waals surface area contributed by atoms with Crippen LogP contribution in [0.25, 0.3) is 0 Å². The van der Waals surface area contributed by atoms with E-state index >= 15 is 0 Å². The molecule has 0 aliphatic carbocycles. The number of carbonyl (C=O) groups is 2. The molecule has 0 radical (unpaired) electrons. The van der Waals surface area contributed by atoms with Gasteiger partial charge in [0.2, 0.25) is 5.91 Å². The second-order valence-electron chi connectivity index (χ2n) is 7.81. The van der Waals surface area contributed by atoms with Gasteiger partial charge in [-0.25, -0.2) is 9.69 Å². The zero-order valence-electron chi connectivity index (χ0n) is 17.6. The highest BCUT2D eigenvalue weighted by Crippen LogP contribution is 2.36. The van der Waals surface area contributed by atoms with Crippen LogP contribution in [0.15, 0.2) is 91.0 Å². The Kier molecular flexibility index (Phi) is 6.79. The molecule has 4 nitrogen and oxygen atoms in total. The zero-order valence-corrected chi connectivity index (χ0v) is 18.4. The van der Waals surface area contributed by atoms with E-state index in [2.05, 4.69) is 24.3 Å². The number of rotatable bonds is 7. The van der Waals surface area contributed by atoms with Crippen molar-refractivity contribution in [3.05, 3.63) is 96.6 Å². The number of amides is 2. The standard InChI is InChI=1S/C26H26NO3P/c1-20(19-31(23-13-7-3-8-14-23)24-15-9-4-10-16-24)25(28)27-22(18-30-26(27)29)17-21-11-5-2-6-12-21/h2-16,20,22H,17-19H2,1H3/t20-,22-/m0/s1. The van der Waals surface area contributed by atoms with Crippen molar-refractivity contribution in [1.29, 1.82) is 0 Å². The van der Waals surface area contributed by atoms with Gasteiger partial charge in [0, 0.05) is 5.92 Å². The quantitative estimate of drug-likeness (QED) is 0.523. The summed E-state index contributed by atoms with van der Waals surface area (Å²) in [5, 5.41) is 2.46. The lowest BCUT2D eigenvalue weighted by Gasteiger charge is -2.26. The molecule has 31 heavy (non-hydrogen) atoms. The molecule has 5 heteroatoms. The molecule has 3 aromatic carbocycles. The summed E-state index contributed by atoms with van der Waals surface area (Å²) < 4.78 is 5.27. The largest absolute Gasteiger partial charge is 0.447 e. The predicted octanol–water partition coefficient (Wildman–Crippen LogP) is 4.35. The molecule has 4 rings (SSSR count). The van der Waals surface area contributed by atoms with E-state index in [0.717, 1.165) is 5.56 Å². The third-order valence-corrected chi connectivity index (χ3v) is 8.28. The Balaban J connectivity index is 1.53. The van der Waals surface area contributed by atoms with E-state index in [1.54, 1.807) is 0 Å². The summed E-state index contributed by atoms with van der Waals surface area (Å²) in [6, 6.07) is 30.3. The van der Waals surface area contributed by atoms with Crippen LogP contribution in [0.3, 0.4) is 0 Å². The summed E-state index contributed by atoms with van der Waals surface area (Å²) in [4.78, 5) is 27.2. The summed E-state index contributed by atoms with van der Waals surface area (Å²) in [6.45, 7) is 2.17. The first kappa shape index (κ1) is 21.3. The number of hydrogen-bond donors (Lipinski definition) is 0. The number of hydrogen-bond acceptors (Lipinski definition) is 3. The van der Waals surface area contributed by atoms with Crippen LogP contribution in [0, 0.1) is 5.92 Å².